The molecule has 52 heavy (non-hydrogen) atoms. The van der Waals surface area contributed by atoms with Gasteiger partial charge < -0.3 is 42.8 Å². The number of imidazole rings is 1. The summed E-state index contributed by atoms with van der Waals surface area (Å²) >= 11 is 8.52. The first-order chi connectivity index (χ1) is 25.1. The Hall–Kier alpha value is -2.60. The van der Waals surface area contributed by atoms with E-state index in [1.54, 1.807) is 17.3 Å². The molecule has 286 valence electrons. The summed E-state index contributed by atoms with van der Waals surface area (Å²) in [5, 5.41) is 0.607. The summed E-state index contributed by atoms with van der Waals surface area (Å²) in [5.74, 6) is 0.789. The van der Waals surface area contributed by atoms with Gasteiger partial charge in [-0.3, -0.25) is 9.78 Å². The molecule has 0 N–H and O–H groups in total. The second kappa shape index (κ2) is 19.6. The molecule has 0 unspecified atom stereocenters. The lowest BCUT2D eigenvalue weighted by molar-refractivity contribution is -0.125. The highest BCUT2D eigenvalue weighted by Crippen LogP contribution is 2.48. The molecule has 4 heterocycles. The van der Waals surface area contributed by atoms with E-state index >= 15 is 0 Å². The van der Waals surface area contributed by atoms with Gasteiger partial charge in [0, 0.05) is 37.5 Å². The van der Waals surface area contributed by atoms with Gasteiger partial charge in [-0.2, -0.15) is 0 Å². The summed E-state index contributed by atoms with van der Waals surface area (Å²) < 4.78 is 36.0. The summed E-state index contributed by atoms with van der Waals surface area (Å²) in [6.45, 7) is 12.3. The number of alkyl halides is 1. The van der Waals surface area contributed by atoms with E-state index in [4.69, 9.17) is 45.0 Å². The third kappa shape index (κ3) is 10.8. The fourth-order valence-electron chi connectivity index (χ4n) is 6.60. The van der Waals surface area contributed by atoms with Crippen molar-refractivity contribution in [1.29, 1.82) is 0 Å². The first-order valence-electron chi connectivity index (χ1n) is 18.0. The van der Waals surface area contributed by atoms with Crippen LogP contribution in [0.25, 0.3) is 11.0 Å². The number of aryl methyl sites for hydroxylation is 1. The van der Waals surface area contributed by atoms with Crippen molar-refractivity contribution in [2.75, 3.05) is 82.1 Å². The van der Waals surface area contributed by atoms with Crippen LogP contribution in [-0.2, 0) is 51.7 Å². The second-order valence-corrected chi connectivity index (χ2v) is 14.9. The lowest BCUT2D eigenvalue weighted by atomic mass is 9.74. The van der Waals surface area contributed by atoms with Gasteiger partial charge in [0.2, 0.25) is 5.91 Å². The van der Waals surface area contributed by atoms with E-state index in [0.29, 0.717) is 108 Å². The van der Waals surface area contributed by atoms with Gasteiger partial charge in [-0.15, -0.1) is 0 Å². The van der Waals surface area contributed by atoms with E-state index in [-0.39, 0.29) is 12.0 Å². The largest absolute Gasteiger partial charge is 0.444 e. The van der Waals surface area contributed by atoms with Crippen LogP contribution in [0.15, 0.2) is 36.7 Å². The molecule has 2 aliphatic rings. The Bertz CT molecular complexity index is 1610. The van der Waals surface area contributed by atoms with Crippen LogP contribution in [0.5, 0.6) is 0 Å². The average molecular weight is 856 g/mol. The summed E-state index contributed by atoms with van der Waals surface area (Å²) in [6.07, 6.45) is 5.88. The van der Waals surface area contributed by atoms with Crippen molar-refractivity contribution in [3.05, 3.63) is 53.1 Å². The zero-order valence-electron chi connectivity index (χ0n) is 30.5. The summed E-state index contributed by atoms with van der Waals surface area (Å²) in [7, 11) is 0. The zero-order valence-corrected chi connectivity index (χ0v) is 33.4. The van der Waals surface area contributed by atoms with Crippen molar-refractivity contribution in [2.24, 2.45) is 0 Å². The number of aromatic nitrogens is 3. The van der Waals surface area contributed by atoms with Crippen molar-refractivity contribution >= 4 is 62.9 Å². The van der Waals surface area contributed by atoms with Crippen LogP contribution >= 0.6 is 34.2 Å². The molecule has 1 aromatic carbocycles. The number of carbonyl (C=O) groups excluding carboxylic acids is 2. The third-order valence-electron chi connectivity index (χ3n) is 9.10. The monoisotopic (exact) mass is 855 g/mol. The number of piperidine rings is 1. The highest BCUT2D eigenvalue weighted by Gasteiger charge is 2.53. The fourth-order valence-corrected chi connectivity index (χ4v) is 7.08. The number of amides is 2. The molecule has 1 fully saturated rings. The van der Waals surface area contributed by atoms with E-state index in [1.165, 1.54) is 0 Å². The molecule has 3 aromatic rings. The molecule has 13 nitrogen and oxygen atoms in total. The van der Waals surface area contributed by atoms with Crippen molar-refractivity contribution in [3.8, 4) is 0 Å². The molecule has 5 rings (SSSR count). The minimum Gasteiger partial charge on any atom is -0.444 e. The van der Waals surface area contributed by atoms with Gasteiger partial charge >= 0.3 is 6.09 Å². The molecule has 0 radical (unpaired) electrons. The number of nitrogens with zero attached hydrogens (tertiary/aromatic N) is 5. The zero-order chi connectivity index (χ0) is 37.0. The second-order valence-electron chi connectivity index (χ2n) is 13.8. The lowest BCUT2D eigenvalue weighted by Gasteiger charge is -2.38. The quantitative estimate of drug-likeness (QED) is 0.0742. The molecule has 0 saturated carbocycles. The third-order valence-corrected chi connectivity index (χ3v) is 9.78. The van der Waals surface area contributed by atoms with Crippen molar-refractivity contribution < 1.29 is 38.0 Å². The number of fused-ring (bicyclic) bond motifs is 3. The smallest absolute Gasteiger partial charge is 0.410 e. The fraction of sp³-hybridized carbons (Fsp3) is 0.622. The van der Waals surface area contributed by atoms with Crippen LogP contribution in [0.3, 0.4) is 0 Å². The van der Waals surface area contributed by atoms with E-state index in [9.17, 15) is 9.59 Å². The first-order valence-corrected chi connectivity index (χ1v) is 19.9. The number of pyridine rings is 1. The Balaban J connectivity index is 1.11. The molecule has 2 amide bonds. The van der Waals surface area contributed by atoms with Gasteiger partial charge in [0.05, 0.1) is 92.3 Å². The van der Waals surface area contributed by atoms with Crippen LogP contribution in [-0.4, -0.2) is 114 Å². The molecule has 1 saturated heterocycles. The maximum atomic E-state index is 14.4. The van der Waals surface area contributed by atoms with Gasteiger partial charge in [-0.25, -0.2) is 9.78 Å². The predicted molar refractivity (Wildman–Crippen MR) is 206 cm³/mol. The molecule has 2 aliphatic heterocycles. The Labute approximate surface area is 324 Å². The van der Waals surface area contributed by atoms with Gasteiger partial charge in [-0.1, -0.05) is 34.2 Å². The Kier molecular flexibility index (Phi) is 15.3. The summed E-state index contributed by atoms with van der Waals surface area (Å²) in [6, 6.07) is 7.65. The van der Waals surface area contributed by atoms with Gasteiger partial charge in [0.15, 0.2) is 0 Å². The van der Waals surface area contributed by atoms with Crippen LogP contribution in [0.2, 0.25) is 5.02 Å². The number of likely N-dealkylation sites (tertiary alicyclic amines) is 1. The molecular formula is C37H51ClIN5O8. The van der Waals surface area contributed by atoms with Crippen LogP contribution < -0.4 is 4.90 Å². The summed E-state index contributed by atoms with van der Waals surface area (Å²) in [5.41, 5.74) is 2.18. The SMILES string of the molecule is CC(C)(C)OC(=O)N1CCC2(CC1)C(=O)N(Cc1nc3cc(Cl)ccc3n1CCCCOCCOCCOCCOCCOCI)c1cnccc12. The normalized spacial score (nSPS) is 15.6. The minimum absolute atomic E-state index is 0.0142. The van der Waals surface area contributed by atoms with Gasteiger partial charge in [0.1, 0.15) is 11.4 Å². The van der Waals surface area contributed by atoms with Gasteiger partial charge in [0.25, 0.3) is 0 Å². The van der Waals surface area contributed by atoms with Crippen LogP contribution in [0.4, 0.5) is 10.5 Å². The molecule has 15 heteroatoms. The average Bonchev–Trinajstić information content (AvgIpc) is 3.56. The Morgan fingerprint density at radius 1 is 0.904 bits per heavy atom. The highest BCUT2D eigenvalue weighted by molar-refractivity contribution is 14.1. The van der Waals surface area contributed by atoms with E-state index in [2.05, 4.69) is 32.1 Å². The number of hydrogen-bond donors (Lipinski definition) is 0. The van der Waals surface area contributed by atoms with E-state index < -0.39 is 11.0 Å². The molecule has 0 atom stereocenters. The number of hydrogen-bond acceptors (Lipinski definition) is 10. The first kappa shape index (κ1) is 40.6. The number of benzene rings is 1. The molecular weight excluding hydrogens is 805 g/mol. The van der Waals surface area contributed by atoms with E-state index in [0.717, 1.165) is 41.0 Å². The number of halogens is 2. The van der Waals surface area contributed by atoms with Gasteiger partial charge in [-0.05, 0) is 76.3 Å². The van der Waals surface area contributed by atoms with E-state index in [1.807, 2.05) is 49.9 Å². The molecule has 1 spiro atoms. The van der Waals surface area contributed by atoms with Crippen LogP contribution in [0.1, 0.15) is 57.8 Å². The topological polar surface area (TPSA) is 127 Å². The molecule has 0 aliphatic carbocycles. The Morgan fingerprint density at radius 3 is 2.17 bits per heavy atom. The minimum atomic E-state index is -0.733. The maximum absolute atomic E-state index is 14.4. The Morgan fingerprint density at radius 2 is 1.54 bits per heavy atom. The number of carbonyl (C=O) groups is 2. The van der Waals surface area contributed by atoms with Crippen molar-refractivity contribution in [1.82, 2.24) is 19.4 Å². The molecule has 2 aromatic heterocycles. The predicted octanol–water partition coefficient (Wildman–Crippen LogP) is 6.16. The number of ether oxygens (including phenoxy) is 6. The number of unbranched alkanes of at least 4 members (excludes halogenated alkanes) is 1. The molecule has 0 bridgehead atoms. The van der Waals surface area contributed by atoms with Crippen molar-refractivity contribution in [2.45, 2.75) is 70.6 Å². The number of rotatable bonds is 20. The maximum Gasteiger partial charge on any atom is 0.410 e. The highest BCUT2D eigenvalue weighted by atomic mass is 127. The summed E-state index contributed by atoms with van der Waals surface area (Å²) in [4.78, 5) is 40.1. The van der Waals surface area contributed by atoms with Crippen molar-refractivity contribution in [3.63, 3.8) is 0 Å². The standard InChI is InChI=1S/C37H51ClIN5O8/c1-36(2,3)52-35(46)42-13-9-37(10-14-42)29-8-11-40-25-32(29)44(34(37)45)26-33-41-30-24-28(38)6-7-31(30)43(33)12-4-5-15-47-16-17-48-18-19-49-20-21-50-22-23-51-27-39/h6-8,11,24-25H,4-5,9-10,12-23,26-27H2,1-3H3. The van der Waals surface area contributed by atoms with Crippen LogP contribution in [0, 0.1) is 0 Å². The number of anilines is 1. The lowest BCUT2D eigenvalue weighted by Crippen LogP contribution is -2.51.